The molecule has 1 N–H and O–H groups in total. The Labute approximate surface area is 210 Å². The summed E-state index contributed by atoms with van der Waals surface area (Å²) in [6.07, 6.45) is 0. The van der Waals surface area contributed by atoms with Gasteiger partial charge in [-0.05, 0) is 58.4 Å². The predicted molar refractivity (Wildman–Crippen MR) is 140 cm³/mol. The molecular weight excluding hydrogens is 510 g/mol. The van der Waals surface area contributed by atoms with E-state index in [4.69, 9.17) is 18.6 Å². The Bertz CT molecular complexity index is 1540. The highest BCUT2D eigenvalue weighted by Gasteiger charge is 2.16. The average molecular weight is 532 g/mol. The molecule has 0 spiro atoms. The Kier molecular flexibility index (Phi) is 6.33. The van der Waals surface area contributed by atoms with E-state index in [0.717, 1.165) is 26.4 Å². The van der Waals surface area contributed by atoms with Gasteiger partial charge in [0.1, 0.15) is 35.0 Å². The fourth-order valence-corrected chi connectivity index (χ4v) is 4.36. The number of anilines is 1. The smallest absolute Gasteiger partial charge is 0.255 e. The Morgan fingerprint density at radius 2 is 1.60 bits per heavy atom. The van der Waals surface area contributed by atoms with Crippen LogP contribution in [0.1, 0.15) is 15.9 Å². The summed E-state index contributed by atoms with van der Waals surface area (Å²) >= 11 is 3.48. The first-order chi connectivity index (χ1) is 17.1. The number of furan rings is 1. The number of rotatable bonds is 7. The second kappa shape index (κ2) is 9.72. The van der Waals surface area contributed by atoms with Gasteiger partial charge in [0.05, 0.1) is 24.4 Å². The van der Waals surface area contributed by atoms with Crippen LogP contribution in [-0.2, 0) is 6.61 Å². The zero-order valence-corrected chi connectivity index (χ0v) is 20.7. The van der Waals surface area contributed by atoms with Crippen LogP contribution < -0.4 is 19.5 Å². The third kappa shape index (κ3) is 4.55. The molecule has 0 atom stereocenters. The van der Waals surface area contributed by atoms with Gasteiger partial charge in [0.2, 0.25) is 0 Å². The van der Waals surface area contributed by atoms with E-state index in [0.29, 0.717) is 34.1 Å². The molecule has 4 aromatic carbocycles. The number of nitrogens with one attached hydrogen (secondary N) is 1. The van der Waals surface area contributed by atoms with Crippen LogP contribution in [0.3, 0.4) is 0 Å². The van der Waals surface area contributed by atoms with E-state index in [1.165, 1.54) is 0 Å². The fourth-order valence-electron chi connectivity index (χ4n) is 3.96. The summed E-state index contributed by atoms with van der Waals surface area (Å²) in [7, 11) is 3.16. The van der Waals surface area contributed by atoms with Gasteiger partial charge in [-0.3, -0.25) is 4.79 Å². The largest absolute Gasteiger partial charge is 0.496 e. The molecule has 0 fully saturated rings. The zero-order valence-electron chi connectivity index (χ0n) is 19.1. The first-order valence-electron chi connectivity index (χ1n) is 10.9. The Hall–Kier alpha value is -3.97. The maximum absolute atomic E-state index is 13.2. The minimum atomic E-state index is -0.288. The molecule has 0 aliphatic heterocycles. The lowest BCUT2D eigenvalue weighted by Gasteiger charge is -2.14. The summed E-state index contributed by atoms with van der Waals surface area (Å²) < 4.78 is 23.8. The molecule has 1 aromatic heterocycles. The molecular formula is C28H22BrNO5. The maximum Gasteiger partial charge on any atom is 0.255 e. The minimum absolute atomic E-state index is 0.237. The lowest BCUT2D eigenvalue weighted by atomic mass is 10.1. The normalized spacial score (nSPS) is 10.9. The van der Waals surface area contributed by atoms with Gasteiger partial charge in [0.25, 0.3) is 5.91 Å². The van der Waals surface area contributed by atoms with Crippen molar-refractivity contribution in [2.75, 3.05) is 19.5 Å². The van der Waals surface area contributed by atoms with Crippen LogP contribution in [-0.4, -0.2) is 20.1 Å². The summed E-state index contributed by atoms with van der Waals surface area (Å²) in [4.78, 5) is 13.2. The monoisotopic (exact) mass is 531 g/mol. The molecule has 0 saturated carbocycles. The average Bonchev–Trinajstić information content (AvgIpc) is 3.24. The van der Waals surface area contributed by atoms with Crippen LogP contribution in [0.2, 0.25) is 0 Å². The molecule has 0 saturated heterocycles. The molecule has 176 valence electrons. The van der Waals surface area contributed by atoms with E-state index in [1.54, 1.807) is 38.5 Å². The van der Waals surface area contributed by atoms with Gasteiger partial charge in [-0.25, -0.2) is 0 Å². The number of hydrogen-bond acceptors (Lipinski definition) is 5. The Balaban J connectivity index is 1.42. The molecule has 1 heterocycles. The lowest BCUT2D eigenvalue weighted by molar-refractivity contribution is 0.102. The second-order valence-electron chi connectivity index (χ2n) is 7.85. The van der Waals surface area contributed by atoms with E-state index in [-0.39, 0.29) is 12.5 Å². The summed E-state index contributed by atoms with van der Waals surface area (Å²) in [6, 6.07) is 24.3. The number of carbonyl (C=O) groups is 1. The predicted octanol–water partition coefficient (Wildman–Crippen LogP) is 7.20. The van der Waals surface area contributed by atoms with Crippen molar-refractivity contribution >= 4 is 49.5 Å². The minimum Gasteiger partial charge on any atom is -0.496 e. The van der Waals surface area contributed by atoms with E-state index in [1.807, 2.05) is 54.6 Å². The van der Waals surface area contributed by atoms with Crippen LogP contribution in [0.4, 0.5) is 5.69 Å². The van der Waals surface area contributed by atoms with Crippen molar-refractivity contribution < 1.29 is 23.4 Å². The molecule has 0 radical (unpaired) electrons. The van der Waals surface area contributed by atoms with Crippen LogP contribution in [0.15, 0.2) is 87.8 Å². The molecule has 0 unspecified atom stereocenters. The molecule has 6 nitrogen and oxygen atoms in total. The van der Waals surface area contributed by atoms with Crippen molar-refractivity contribution in [1.29, 1.82) is 0 Å². The van der Waals surface area contributed by atoms with Gasteiger partial charge >= 0.3 is 0 Å². The molecule has 0 bridgehead atoms. The molecule has 35 heavy (non-hydrogen) atoms. The number of methoxy groups -OCH3 is 2. The highest BCUT2D eigenvalue weighted by molar-refractivity contribution is 9.10. The van der Waals surface area contributed by atoms with Crippen LogP contribution in [0.25, 0.3) is 21.9 Å². The highest BCUT2D eigenvalue weighted by atomic mass is 79.9. The van der Waals surface area contributed by atoms with Crippen molar-refractivity contribution in [1.82, 2.24) is 0 Å². The summed E-state index contributed by atoms with van der Waals surface area (Å²) in [5.41, 5.74) is 3.17. The van der Waals surface area contributed by atoms with Crippen LogP contribution >= 0.6 is 15.9 Å². The van der Waals surface area contributed by atoms with Gasteiger partial charge in [-0.2, -0.15) is 0 Å². The van der Waals surface area contributed by atoms with Crippen molar-refractivity contribution in [2.24, 2.45) is 0 Å². The zero-order chi connectivity index (χ0) is 24.4. The van der Waals surface area contributed by atoms with Crippen molar-refractivity contribution in [3.8, 4) is 17.2 Å². The van der Waals surface area contributed by atoms with E-state index >= 15 is 0 Å². The summed E-state index contributed by atoms with van der Waals surface area (Å²) in [5, 5.41) is 4.86. The topological polar surface area (TPSA) is 69.9 Å². The summed E-state index contributed by atoms with van der Waals surface area (Å²) in [6.45, 7) is 0.237. The molecule has 7 heteroatoms. The van der Waals surface area contributed by atoms with Gasteiger partial charge in [0.15, 0.2) is 0 Å². The molecule has 0 aliphatic carbocycles. The number of carbonyl (C=O) groups excluding carboxylic acids is 1. The van der Waals surface area contributed by atoms with Crippen LogP contribution in [0, 0.1) is 0 Å². The number of ether oxygens (including phenoxy) is 3. The number of benzene rings is 4. The van der Waals surface area contributed by atoms with Gasteiger partial charge in [-0.1, -0.05) is 30.3 Å². The molecule has 1 amide bonds. The third-order valence-corrected chi connectivity index (χ3v) is 6.36. The van der Waals surface area contributed by atoms with Gasteiger partial charge in [-0.15, -0.1) is 0 Å². The first-order valence-corrected chi connectivity index (χ1v) is 11.7. The number of amides is 1. The number of halogens is 1. The maximum atomic E-state index is 13.2. The SMILES string of the molecule is COc1ccc(C(=O)Nc2cc3oc4ccccc4c3cc2OC)cc1COc1ccccc1Br. The summed E-state index contributed by atoms with van der Waals surface area (Å²) in [5.74, 6) is 1.59. The number of hydrogen-bond donors (Lipinski definition) is 1. The van der Waals surface area contributed by atoms with Crippen molar-refractivity contribution in [2.45, 2.75) is 6.61 Å². The standard InChI is InChI=1S/C28H22BrNO5/c1-32-23-12-11-17(13-18(23)16-34-25-10-6-4-8-21(25)29)28(31)30-22-15-26-20(14-27(22)33-2)19-7-3-5-9-24(19)35-26/h3-15H,16H2,1-2H3,(H,30,31). The van der Waals surface area contributed by atoms with E-state index in [9.17, 15) is 4.79 Å². The van der Waals surface area contributed by atoms with Gasteiger partial charge in [0, 0.05) is 28.0 Å². The third-order valence-electron chi connectivity index (χ3n) is 5.71. The lowest BCUT2D eigenvalue weighted by Crippen LogP contribution is -2.13. The Morgan fingerprint density at radius 3 is 2.40 bits per heavy atom. The molecule has 5 aromatic rings. The second-order valence-corrected chi connectivity index (χ2v) is 8.70. The van der Waals surface area contributed by atoms with Crippen LogP contribution in [0.5, 0.6) is 17.2 Å². The van der Waals surface area contributed by atoms with Crippen molar-refractivity contribution in [3.05, 3.63) is 94.5 Å². The number of fused-ring (bicyclic) bond motifs is 3. The van der Waals surface area contributed by atoms with Crippen molar-refractivity contribution in [3.63, 3.8) is 0 Å². The van der Waals surface area contributed by atoms with E-state index in [2.05, 4.69) is 21.2 Å². The Morgan fingerprint density at radius 1 is 0.829 bits per heavy atom. The fraction of sp³-hybridized carbons (Fsp3) is 0.107. The quantitative estimate of drug-likeness (QED) is 0.240. The van der Waals surface area contributed by atoms with E-state index < -0.39 is 0 Å². The first kappa shape index (κ1) is 22.8. The molecule has 0 aliphatic rings. The number of para-hydroxylation sites is 2. The highest BCUT2D eigenvalue weighted by Crippen LogP contribution is 2.36. The molecule has 5 rings (SSSR count). The van der Waals surface area contributed by atoms with Gasteiger partial charge < -0.3 is 23.9 Å².